The van der Waals surface area contributed by atoms with Gasteiger partial charge in [0.2, 0.25) is 0 Å². The Balaban J connectivity index is 1.95. The number of carbonyl (C=O) groups excluding carboxylic acids is 2. The molecule has 0 amide bonds. The summed E-state index contributed by atoms with van der Waals surface area (Å²) in [5, 5.41) is 11.4. The van der Waals surface area contributed by atoms with E-state index in [0.717, 1.165) is 25.9 Å². The van der Waals surface area contributed by atoms with Gasteiger partial charge in [0.1, 0.15) is 11.3 Å². The Labute approximate surface area is 144 Å². The highest BCUT2D eigenvalue weighted by molar-refractivity contribution is 6.18. The van der Waals surface area contributed by atoms with Crippen LogP contribution in [0.2, 0.25) is 0 Å². The Morgan fingerprint density at radius 1 is 1.16 bits per heavy atom. The van der Waals surface area contributed by atoms with Crippen LogP contribution in [0.25, 0.3) is 6.08 Å². The number of anilines is 1. The molecule has 0 N–H and O–H groups in total. The average Bonchev–Trinajstić information content (AvgIpc) is 3.04. The number of carbonyl (C=O) groups is 2. The summed E-state index contributed by atoms with van der Waals surface area (Å²) in [4.78, 5) is 36.9. The first-order valence-corrected chi connectivity index (χ1v) is 7.98. The predicted octanol–water partition coefficient (Wildman–Crippen LogP) is 2.41. The zero-order valence-corrected chi connectivity index (χ0v) is 14.0. The maximum atomic E-state index is 12.0. The molecule has 8 heteroatoms. The number of benzene rings is 1. The molecule has 0 saturated carbocycles. The van der Waals surface area contributed by atoms with Crippen molar-refractivity contribution < 1.29 is 24.0 Å². The molecule has 8 nitrogen and oxygen atoms in total. The van der Waals surface area contributed by atoms with Gasteiger partial charge in [0.25, 0.3) is 11.5 Å². The van der Waals surface area contributed by atoms with Crippen LogP contribution in [-0.2, 0) is 19.1 Å². The van der Waals surface area contributed by atoms with Crippen LogP contribution < -0.4 is 4.90 Å². The smallest absolute Gasteiger partial charge is 0.348 e. The van der Waals surface area contributed by atoms with Gasteiger partial charge in [0.05, 0.1) is 4.92 Å². The minimum absolute atomic E-state index is 0.0610. The molecule has 3 rings (SSSR count). The van der Waals surface area contributed by atoms with E-state index in [-0.39, 0.29) is 11.3 Å². The molecule has 0 atom stereocenters. The van der Waals surface area contributed by atoms with Gasteiger partial charge in [-0.05, 0) is 30.5 Å². The third kappa shape index (κ3) is 3.47. The lowest BCUT2D eigenvalue weighted by Crippen LogP contribution is -2.41. The van der Waals surface area contributed by atoms with E-state index in [2.05, 4.69) is 0 Å². The second-order valence-corrected chi connectivity index (χ2v) is 6.44. The number of rotatable bonds is 3. The number of nitrogens with zero attached hydrogens (tertiary/aromatic N) is 2. The molecule has 0 spiro atoms. The van der Waals surface area contributed by atoms with Gasteiger partial charge >= 0.3 is 11.9 Å². The van der Waals surface area contributed by atoms with Crippen molar-refractivity contribution in [1.29, 1.82) is 0 Å². The molecule has 2 saturated heterocycles. The van der Waals surface area contributed by atoms with Crippen molar-refractivity contribution in [2.24, 2.45) is 0 Å². The van der Waals surface area contributed by atoms with Crippen molar-refractivity contribution in [3.05, 3.63) is 39.4 Å². The Kier molecular flexibility index (Phi) is 4.20. The molecule has 132 valence electrons. The quantitative estimate of drug-likeness (QED) is 0.272. The van der Waals surface area contributed by atoms with Crippen LogP contribution in [-0.4, -0.2) is 35.7 Å². The number of nitro benzene ring substituents is 1. The Morgan fingerprint density at radius 2 is 1.76 bits per heavy atom. The van der Waals surface area contributed by atoms with Crippen LogP contribution in [0.15, 0.2) is 23.8 Å². The van der Waals surface area contributed by atoms with Crippen molar-refractivity contribution in [1.82, 2.24) is 0 Å². The molecule has 2 heterocycles. The Hall–Kier alpha value is -2.90. The monoisotopic (exact) mass is 346 g/mol. The number of nitro groups is 1. The number of hydrogen-bond donors (Lipinski definition) is 0. The van der Waals surface area contributed by atoms with Gasteiger partial charge in [-0.1, -0.05) is 6.07 Å². The zero-order chi connectivity index (χ0) is 18.2. The number of hydrogen-bond acceptors (Lipinski definition) is 7. The summed E-state index contributed by atoms with van der Waals surface area (Å²) < 4.78 is 10.0. The Morgan fingerprint density at radius 3 is 2.32 bits per heavy atom. The van der Waals surface area contributed by atoms with Crippen LogP contribution >= 0.6 is 0 Å². The highest BCUT2D eigenvalue weighted by Crippen LogP contribution is 2.33. The Bertz CT molecular complexity index is 755. The first kappa shape index (κ1) is 16.9. The molecular weight excluding hydrogens is 328 g/mol. The van der Waals surface area contributed by atoms with E-state index >= 15 is 0 Å². The van der Waals surface area contributed by atoms with Crippen molar-refractivity contribution >= 4 is 29.4 Å². The standard InChI is InChI=1S/C17H18N2O6/c1-17(2)24-15(20)12(16(21)25-17)9-11-5-6-13(14(10-11)19(22)23)18-7-3-4-8-18/h5-6,9-10H,3-4,7-8H2,1-2H3. The molecule has 0 aromatic heterocycles. The molecule has 2 aliphatic rings. The second kappa shape index (κ2) is 6.19. The van der Waals surface area contributed by atoms with Gasteiger partial charge in [-0.3, -0.25) is 10.1 Å². The summed E-state index contributed by atoms with van der Waals surface area (Å²) in [7, 11) is 0. The molecule has 2 aliphatic heterocycles. The zero-order valence-electron chi connectivity index (χ0n) is 14.0. The highest BCUT2D eigenvalue weighted by Gasteiger charge is 2.39. The normalized spacial score (nSPS) is 19.4. The fourth-order valence-electron chi connectivity index (χ4n) is 2.95. The maximum absolute atomic E-state index is 12.0. The number of ether oxygens (including phenoxy) is 2. The molecule has 25 heavy (non-hydrogen) atoms. The summed E-state index contributed by atoms with van der Waals surface area (Å²) in [5.74, 6) is -2.95. The largest absolute Gasteiger partial charge is 0.419 e. The van der Waals surface area contributed by atoms with Crippen molar-refractivity contribution in [3.8, 4) is 0 Å². The second-order valence-electron chi connectivity index (χ2n) is 6.44. The summed E-state index contributed by atoms with van der Waals surface area (Å²) in [6, 6.07) is 4.62. The first-order valence-electron chi connectivity index (χ1n) is 7.98. The molecule has 1 aromatic carbocycles. The summed E-state index contributed by atoms with van der Waals surface area (Å²) in [6.45, 7) is 4.45. The molecule has 0 aliphatic carbocycles. The maximum Gasteiger partial charge on any atom is 0.348 e. The number of esters is 2. The number of cyclic esters (lactones) is 2. The highest BCUT2D eigenvalue weighted by atomic mass is 16.7. The third-order valence-corrected chi connectivity index (χ3v) is 4.07. The van der Waals surface area contributed by atoms with Crippen molar-refractivity contribution in [2.45, 2.75) is 32.5 Å². The van der Waals surface area contributed by atoms with E-state index in [1.54, 1.807) is 12.1 Å². The average molecular weight is 346 g/mol. The van der Waals surface area contributed by atoms with Gasteiger partial charge < -0.3 is 14.4 Å². The van der Waals surface area contributed by atoms with Gasteiger partial charge in [0.15, 0.2) is 0 Å². The molecule has 0 bridgehead atoms. The van der Waals surface area contributed by atoms with E-state index in [1.165, 1.54) is 26.0 Å². The van der Waals surface area contributed by atoms with Gasteiger partial charge in [0, 0.05) is 33.0 Å². The fraction of sp³-hybridized carbons (Fsp3) is 0.412. The van der Waals surface area contributed by atoms with E-state index in [9.17, 15) is 19.7 Å². The molecule has 1 aromatic rings. The van der Waals surface area contributed by atoms with Gasteiger partial charge in [-0.15, -0.1) is 0 Å². The minimum Gasteiger partial charge on any atom is -0.419 e. The summed E-state index contributed by atoms with van der Waals surface area (Å²) in [6.07, 6.45) is 3.24. The van der Waals surface area contributed by atoms with Crippen LogP contribution in [0, 0.1) is 10.1 Å². The lowest BCUT2D eigenvalue weighted by atomic mass is 10.1. The molecule has 0 unspecified atom stereocenters. The molecular formula is C17H18N2O6. The van der Waals surface area contributed by atoms with Gasteiger partial charge in [-0.2, -0.15) is 0 Å². The van der Waals surface area contributed by atoms with Crippen LogP contribution in [0.5, 0.6) is 0 Å². The third-order valence-electron chi connectivity index (χ3n) is 4.07. The lowest BCUT2D eigenvalue weighted by molar-refractivity contribution is -0.384. The van der Waals surface area contributed by atoms with Crippen molar-refractivity contribution in [3.63, 3.8) is 0 Å². The SMILES string of the molecule is CC1(C)OC(=O)C(=Cc2ccc(N3CCCC3)c([N+](=O)[O-])c2)C(=O)O1. The summed E-state index contributed by atoms with van der Waals surface area (Å²) >= 11 is 0. The minimum atomic E-state index is -1.32. The molecule has 2 fully saturated rings. The van der Waals surface area contributed by atoms with Crippen LogP contribution in [0.1, 0.15) is 32.3 Å². The van der Waals surface area contributed by atoms with Gasteiger partial charge in [-0.25, -0.2) is 9.59 Å². The van der Waals surface area contributed by atoms with E-state index in [1.807, 2.05) is 4.90 Å². The fourth-order valence-corrected chi connectivity index (χ4v) is 2.95. The summed E-state index contributed by atoms with van der Waals surface area (Å²) in [5.41, 5.74) is 0.550. The van der Waals surface area contributed by atoms with Crippen LogP contribution in [0.4, 0.5) is 11.4 Å². The van der Waals surface area contributed by atoms with E-state index < -0.39 is 22.6 Å². The van der Waals surface area contributed by atoms with Crippen molar-refractivity contribution in [2.75, 3.05) is 18.0 Å². The van der Waals surface area contributed by atoms with E-state index in [4.69, 9.17) is 9.47 Å². The molecule has 0 radical (unpaired) electrons. The lowest BCUT2D eigenvalue weighted by Gasteiger charge is -2.29. The van der Waals surface area contributed by atoms with Crippen LogP contribution in [0.3, 0.4) is 0 Å². The topological polar surface area (TPSA) is 99.0 Å². The predicted molar refractivity (Wildman–Crippen MR) is 88.8 cm³/mol. The first-order chi connectivity index (χ1) is 11.8. The van der Waals surface area contributed by atoms with E-state index in [0.29, 0.717) is 11.3 Å².